The van der Waals surface area contributed by atoms with Gasteiger partial charge in [-0.1, -0.05) is 42.5 Å². The van der Waals surface area contributed by atoms with E-state index in [1.807, 2.05) is 0 Å². The molecule has 104 valence electrons. The number of benzene rings is 2. The molecule has 1 fully saturated rings. The predicted molar refractivity (Wildman–Crippen MR) is 89.7 cm³/mol. The molecule has 1 nitrogen and oxygen atoms in total. The first-order valence-corrected chi connectivity index (χ1v) is 8.87. The molecule has 2 unspecified atom stereocenters. The lowest BCUT2D eigenvalue weighted by Crippen LogP contribution is -2.11. The predicted octanol–water partition coefficient (Wildman–Crippen LogP) is 4.79. The first-order valence-electron chi connectivity index (χ1n) is 6.78. The van der Waals surface area contributed by atoms with Crippen LogP contribution in [0.1, 0.15) is 16.4 Å². The molecule has 20 heavy (non-hydrogen) atoms. The van der Waals surface area contributed by atoms with Gasteiger partial charge in [0.05, 0.1) is 7.11 Å². The summed E-state index contributed by atoms with van der Waals surface area (Å²) in [6.07, 6.45) is 1.15. The Labute approximate surface area is 129 Å². The van der Waals surface area contributed by atoms with Crippen LogP contribution in [0.2, 0.25) is 0 Å². The highest BCUT2D eigenvalue weighted by Gasteiger charge is 2.29. The molecule has 0 radical (unpaired) electrons. The first kappa shape index (κ1) is 13.9. The van der Waals surface area contributed by atoms with Gasteiger partial charge >= 0.3 is 0 Å². The Morgan fingerprint density at radius 3 is 2.45 bits per heavy atom. The Bertz CT molecular complexity index is 539. The summed E-state index contributed by atoms with van der Waals surface area (Å²) in [6, 6.07) is 19.4. The average Bonchev–Trinajstić information content (AvgIpc) is 2.96. The van der Waals surface area contributed by atoms with Gasteiger partial charge in [-0.3, -0.25) is 0 Å². The number of hydrogen-bond donors (Lipinski definition) is 0. The largest absolute Gasteiger partial charge is 0.497 e. The molecule has 2 atom stereocenters. The summed E-state index contributed by atoms with van der Waals surface area (Å²) < 4.78 is 5.24. The normalized spacial score (nSPS) is 21.9. The van der Waals surface area contributed by atoms with Crippen LogP contribution in [0.25, 0.3) is 0 Å². The highest BCUT2D eigenvalue weighted by Crippen LogP contribution is 2.48. The fourth-order valence-electron chi connectivity index (χ4n) is 2.51. The lowest BCUT2D eigenvalue weighted by Gasteiger charge is -2.18. The van der Waals surface area contributed by atoms with Crippen LogP contribution < -0.4 is 4.74 Å². The Morgan fingerprint density at radius 1 is 1.00 bits per heavy atom. The van der Waals surface area contributed by atoms with E-state index in [1.54, 1.807) is 7.11 Å². The maximum absolute atomic E-state index is 5.24. The molecular weight excluding hydrogens is 284 g/mol. The van der Waals surface area contributed by atoms with Crippen LogP contribution in [-0.4, -0.2) is 17.4 Å². The zero-order valence-corrected chi connectivity index (χ0v) is 13.1. The monoisotopic (exact) mass is 302 g/mol. The number of methoxy groups -OCH3 is 1. The van der Waals surface area contributed by atoms with Gasteiger partial charge in [0.15, 0.2) is 0 Å². The summed E-state index contributed by atoms with van der Waals surface area (Å²) in [6.45, 7) is 0. The van der Waals surface area contributed by atoms with E-state index in [2.05, 4.69) is 78.1 Å². The third kappa shape index (κ3) is 3.15. The van der Waals surface area contributed by atoms with E-state index in [0.717, 1.165) is 12.2 Å². The van der Waals surface area contributed by atoms with E-state index in [1.165, 1.54) is 16.2 Å². The van der Waals surface area contributed by atoms with Gasteiger partial charge < -0.3 is 4.74 Å². The van der Waals surface area contributed by atoms with Gasteiger partial charge in [0.25, 0.3) is 0 Å². The van der Waals surface area contributed by atoms with Gasteiger partial charge in [0.1, 0.15) is 5.75 Å². The van der Waals surface area contributed by atoms with Gasteiger partial charge in [-0.2, -0.15) is 0 Å². The van der Waals surface area contributed by atoms with Crippen LogP contribution in [0.15, 0.2) is 54.6 Å². The number of ether oxygens (including phenoxy) is 1. The van der Waals surface area contributed by atoms with Crippen LogP contribution in [0, 0.1) is 0 Å². The van der Waals surface area contributed by atoms with Crippen molar-refractivity contribution in [3.05, 3.63) is 65.7 Å². The summed E-state index contributed by atoms with van der Waals surface area (Å²) in [5.41, 5.74) is 2.85. The third-order valence-corrected chi connectivity index (χ3v) is 6.68. The van der Waals surface area contributed by atoms with Crippen LogP contribution in [-0.2, 0) is 6.42 Å². The molecule has 2 aromatic carbocycles. The molecule has 0 amide bonds. The molecule has 0 bridgehead atoms. The highest BCUT2D eigenvalue weighted by molar-refractivity contribution is 8.19. The van der Waals surface area contributed by atoms with E-state index < -0.39 is 0 Å². The number of thioether (sulfide) groups is 2. The maximum Gasteiger partial charge on any atom is 0.118 e. The standard InChI is InChI=1S/C17H18OS2/c1-18-15-9-7-14(8-10-15)17-16(19-12-20-17)11-13-5-3-2-4-6-13/h2-10,16-17H,11-12H2,1H3. The summed E-state index contributed by atoms with van der Waals surface area (Å²) >= 11 is 4.14. The molecular formula is C17H18OS2. The highest BCUT2D eigenvalue weighted by atomic mass is 32.2. The zero-order valence-electron chi connectivity index (χ0n) is 11.5. The molecule has 1 aliphatic rings. The Kier molecular flexibility index (Phi) is 4.58. The minimum absolute atomic E-state index is 0.589. The van der Waals surface area contributed by atoms with Gasteiger partial charge in [-0.05, 0) is 29.7 Å². The number of rotatable bonds is 4. The quantitative estimate of drug-likeness (QED) is 0.804. The van der Waals surface area contributed by atoms with Crippen molar-refractivity contribution in [3.8, 4) is 5.75 Å². The van der Waals surface area contributed by atoms with Gasteiger partial charge in [0.2, 0.25) is 0 Å². The molecule has 1 aliphatic heterocycles. The zero-order chi connectivity index (χ0) is 13.8. The van der Waals surface area contributed by atoms with Crippen molar-refractivity contribution in [2.24, 2.45) is 0 Å². The van der Waals surface area contributed by atoms with Crippen molar-refractivity contribution >= 4 is 23.5 Å². The maximum atomic E-state index is 5.24. The van der Waals surface area contributed by atoms with Crippen molar-refractivity contribution in [1.82, 2.24) is 0 Å². The summed E-state index contributed by atoms with van der Waals surface area (Å²) in [7, 11) is 1.72. The van der Waals surface area contributed by atoms with E-state index in [0.29, 0.717) is 10.5 Å². The topological polar surface area (TPSA) is 9.23 Å². The van der Waals surface area contributed by atoms with Crippen molar-refractivity contribution < 1.29 is 4.74 Å². The van der Waals surface area contributed by atoms with E-state index >= 15 is 0 Å². The van der Waals surface area contributed by atoms with Crippen LogP contribution in [0.3, 0.4) is 0 Å². The van der Waals surface area contributed by atoms with Crippen LogP contribution in [0.4, 0.5) is 0 Å². The minimum atomic E-state index is 0.589. The molecule has 1 heterocycles. The molecule has 0 N–H and O–H groups in total. The Hall–Kier alpha value is -1.06. The van der Waals surface area contributed by atoms with Crippen LogP contribution in [0.5, 0.6) is 5.75 Å². The van der Waals surface area contributed by atoms with Crippen LogP contribution >= 0.6 is 23.5 Å². The average molecular weight is 302 g/mol. The second-order valence-electron chi connectivity index (χ2n) is 4.87. The van der Waals surface area contributed by atoms with E-state index in [4.69, 9.17) is 4.74 Å². The fourth-order valence-corrected chi connectivity index (χ4v) is 5.89. The van der Waals surface area contributed by atoms with Crippen molar-refractivity contribution in [1.29, 1.82) is 0 Å². The lowest BCUT2D eigenvalue weighted by molar-refractivity contribution is 0.414. The molecule has 3 rings (SSSR count). The van der Waals surface area contributed by atoms with Crippen molar-refractivity contribution in [2.45, 2.75) is 16.9 Å². The molecule has 0 spiro atoms. The number of hydrogen-bond acceptors (Lipinski definition) is 3. The lowest BCUT2D eigenvalue weighted by atomic mass is 10.0. The minimum Gasteiger partial charge on any atom is -0.497 e. The molecule has 3 heteroatoms. The second-order valence-corrected chi connectivity index (χ2v) is 7.60. The van der Waals surface area contributed by atoms with E-state index in [-0.39, 0.29) is 0 Å². The molecule has 0 aliphatic carbocycles. The Balaban J connectivity index is 1.74. The first-order chi connectivity index (χ1) is 9.86. The second kappa shape index (κ2) is 6.59. The van der Waals surface area contributed by atoms with Gasteiger partial charge in [0, 0.05) is 15.6 Å². The molecule has 0 saturated carbocycles. The molecule has 2 aromatic rings. The molecule has 1 saturated heterocycles. The van der Waals surface area contributed by atoms with Crippen molar-refractivity contribution in [3.63, 3.8) is 0 Å². The third-order valence-electron chi connectivity index (χ3n) is 3.59. The van der Waals surface area contributed by atoms with E-state index in [9.17, 15) is 0 Å². The van der Waals surface area contributed by atoms with Gasteiger partial charge in [-0.25, -0.2) is 0 Å². The van der Waals surface area contributed by atoms with Gasteiger partial charge in [-0.15, -0.1) is 23.5 Å². The molecule has 0 aromatic heterocycles. The smallest absolute Gasteiger partial charge is 0.118 e. The SMILES string of the molecule is COc1ccc(C2SCSC2Cc2ccccc2)cc1. The Morgan fingerprint density at radius 2 is 1.75 bits per heavy atom. The summed E-state index contributed by atoms with van der Waals surface area (Å²) in [4.78, 5) is 0. The summed E-state index contributed by atoms with van der Waals surface area (Å²) in [5.74, 6) is 0.934. The fraction of sp³-hybridized carbons (Fsp3) is 0.294. The summed E-state index contributed by atoms with van der Waals surface area (Å²) in [5, 5.41) is 2.44. The van der Waals surface area contributed by atoms with Crippen molar-refractivity contribution in [2.75, 3.05) is 12.2 Å².